The number of nitriles is 1. The fourth-order valence-corrected chi connectivity index (χ4v) is 4.91. The maximum atomic E-state index is 14.8. The van der Waals surface area contributed by atoms with E-state index in [0.717, 1.165) is 50.4 Å². The Hall–Kier alpha value is -3.61. The number of amides is 1. The number of piperazine rings is 1. The molecule has 2 aromatic rings. The normalized spacial score (nSPS) is 18.1. The zero-order valence-electron chi connectivity index (χ0n) is 22.1. The van der Waals surface area contributed by atoms with Crippen LogP contribution in [0.3, 0.4) is 0 Å². The molecule has 1 atom stereocenters. The first-order chi connectivity index (χ1) is 19.2. The molecule has 41 heavy (non-hydrogen) atoms. The lowest BCUT2D eigenvalue weighted by Gasteiger charge is -2.30. The van der Waals surface area contributed by atoms with Crippen LogP contribution in [0.25, 0.3) is 0 Å². The molecule has 1 aliphatic carbocycles. The third-order valence-electron chi connectivity index (χ3n) is 7.52. The predicted molar refractivity (Wildman–Crippen MR) is 137 cm³/mol. The number of rotatable bonds is 6. The Morgan fingerprint density at radius 2 is 1.71 bits per heavy atom. The van der Waals surface area contributed by atoms with E-state index in [0.29, 0.717) is 31.5 Å². The van der Waals surface area contributed by atoms with Gasteiger partial charge in [0.15, 0.2) is 0 Å². The highest BCUT2D eigenvalue weighted by Gasteiger charge is 2.49. The highest BCUT2D eigenvalue weighted by atomic mass is 19.4. The van der Waals surface area contributed by atoms with Gasteiger partial charge in [-0.1, -0.05) is 11.8 Å². The summed E-state index contributed by atoms with van der Waals surface area (Å²) >= 11 is 0. The second kappa shape index (κ2) is 11.7. The fourth-order valence-electron chi connectivity index (χ4n) is 4.91. The molecule has 1 amide bonds. The first kappa shape index (κ1) is 30.4. The Kier molecular flexibility index (Phi) is 8.67. The van der Waals surface area contributed by atoms with Crippen molar-refractivity contribution in [1.29, 1.82) is 5.26 Å². The van der Waals surface area contributed by atoms with Gasteiger partial charge in [-0.25, -0.2) is 4.39 Å². The number of carbonyl (C=O) groups excluding carboxylic acids is 1. The van der Waals surface area contributed by atoms with Crippen LogP contribution in [-0.2, 0) is 22.6 Å². The van der Waals surface area contributed by atoms with Crippen molar-refractivity contribution in [3.63, 3.8) is 0 Å². The lowest BCUT2D eigenvalue weighted by Crippen LogP contribution is -2.44. The maximum Gasteiger partial charge on any atom is 0.417 e. The van der Waals surface area contributed by atoms with E-state index in [1.807, 2.05) is 7.05 Å². The van der Waals surface area contributed by atoms with Crippen LogP contribution >= 0.6 is 0 Å². The largest absolute Gasteiger partial charge is 0.417 e. The number of likely N-dealkylation sites (N-methyl/N-ethyl adjacent to an activating group) is 1. The van der Waals surface area contributed by atoms with E-state index >= 15 is 0 Å². The number of anilines is 1. The fraction of sp³-hybridized carbons (Fsp3) is 0.448. The van der Waals surface area contributed by atoms with Crippen molar-refractivity contribution in [3.8, 4) is 17.9 Å². The molecule has 0 bridgehead atoms. The topological polar surface area (TPSA) is 59.4 Å². The van der Waals surface area contributed by atoms with Gasteiger partial charge in [-0.3, -0.25) is 9.69 Å². The number of halogens is 7. The van der Waals surface area contributed by atoms with Crippen LogP contribution in [0, 0.1) is 34.9 Å². The summed E-state index contributed by atoms with van der Waals surface area (Å²) in [6, 6.07) is 6.36. The minimum Gasteiger partial charge on any atom is -0.325 e. The predicted octanol–water partition coefficient (Wildman–Crippen LogP) is 5.66. The smallest absolute Gasteiger partial charge is 0.325 e. The number of carbonyl (C=O) groups is 1. The summed E-state index contributed by atoms with van der Waals surface area (Å²) in [5.41, 5.74) is -4.31. The number of alkyl halides is 6. The molecule has 1 aliphatic heterocycles. The quantitative estimate of drug-likeness (QED) is 0.354. The van der Waals surface area contributed by atoms with Crippen molar-refractivity contribution < 1.29 is 35.5 Å². The van der Waals surface area contributed by atoms with Crippen molar-refractivity contribution >= 4 is 11.6 Å². The minimum absolute atomic E-state index is 0.116. The number of nitrogens with zero attached hydrogens (tertiary/aromatic N) is 3. The molecule has 4 rings (SSSR count). The third kappa shape index (κ3) is 7.38. The zero-order valence-corrected chi connectivity index (χ0v) is 22.1. The summed E-state index contributed by atoms with van der Waals surface area (Å²) < 4.78 is 95.2. The van der Waals surface area contributed by atoms with Gasteiger partial charge in [-0.15, -0.1) is 0 Å². The van der Waals surface area contributed by atoms with Crippen LogP contribution in [0.1, 0.15) is 41.5 Å². The Morgan fingerprint density at radius 1 is 1.02 bits per heavy atom. The van der Waals surface area contributed by atoms with E-state index in [1.54, 1.807) is 0 Å². The third-order valence-corrected chi connectivity index (χ3v) is 7.52. The summed E-state index contributed by atoms with van der Waals surface area (Å²) in [6.45, 7) is 3.45. The van der Waals surface area contributed by atoms with E-state index in [9.17, 15) is 35.5 Å². The van der Waals surface area contributed by atoms with Crippen LogP contribution in [0.4, 0.5) is 36.4 Å². The molecule has 2 fully saturated rings. The van der Waals surface area contributed by atoms with Gasteiger partial charge in [0.1, 0.15) is 11.7 Å². The molecule has 2 aliphatic rings. The number of nitrogens with one attached hydrogen (secondary N) is 1. The molecule has 218 valence electrons. The first-order valence-electron chi connectivity index (χ1n) is 12.9. The molecule has 1 saturated carbocycles. The van der Waals surface area contributed by atoms with E-state index in [2.05, 4.69) is 27.0 Å². The van der Waals surface area contributed by atoms with Crippen LogP contribution in [0.15, 0.2) is 36.4 Å². The number of hydrogen-bond donors (Lipinski definition) is 1. The Bertz CT molecular complexity index is 1390. The van der Waals surface area contributed by atoms with Gasteiger partial charge in [-0.05, 0) is 73.7 Å². The van der Waals surface area contributed by atoms with Crippen LogP contribution in [0.2, 0.25) is 0 Å². The van der Waals surface area contributed by atoms with Gasteiger partial charge in [-0.2, -0.15) is 31.6 Å². The minimum atomic E-state index is -4.84. The van der Waals surface area contributed by atoms with E-state index in [-0.39, 0.29) is 17.7 Å². The molecular formula is C29H27F7N4O. The monoisotopic (exact) mass is 580 g/mol. The SMILES string of the molecule is CN1CCN(CC#CC(CC2(c3cc(C(F)(F)F)ccc3F)CC2)C(=O)Nc2ccc(C#N)c(C(F)(F)F)c2)CC1. The van der Waals surface area contributed by atoms with Gasteiger partial charge in [0.25, 0.3) is 0 Å². The second-order valence-electron chi connectivity index (χ2n) is 10.5. The Labute approximate surface area is 232 Å². The Morgan fingerprint density at radius 3 is 2.29 bits per heavy atom. The van der Waals surface area contributed by atoms with Crippen LogP contribution < -0.4 is 5.32 Å². The van der Waals surface area contributed by atoms with Crippen LogP contribution in [0.5, 0.6) is 0 Å². The average molecular weight is 581 g/mol. The van der Waals surface area contributed by atoms with Crippen LogP contribution in [-0.4, -0.2) is 55.5 Å². The molecule has 1 unspecified atom stereocenters. The molecule has 0 aromatic heterocycles. The second-order valence-corrected chi connectivity index (χ2v) is 10.5. The summed E-state index contributed by atoms with van der Waals surface area (Å²) in [7, 11) is 1.98. The summed E-state index contributed by atoms with van der Waals surface area (Å²) in [5, 5.41) is 11.4. The molecule has 1 heterocycles. The average Bonchev–Trinajstić information content (AvgIpc) is 3.68. The molecular weight excluding hydrogens is 553 g/mol. The molecule has 5 nitrogen and oxygen atoms in total. The highest BCUT2D eigenvalue weighted by Crippen LogP contribution is 2.54. The van der Waals surface area contributed by atoms with Gasteiger partial charge in [0.05, 0.1) is 29.3 Å². The van der Waals surface area contributed by atoms with Gasteiger partial charge >= 0.3 is 12.4 Å². The van der Waals surface area contributed by atoms with Gasteiger partial charge in [0, 0.05) is 31.9 Å². The Balaban J connectivity index is 1.61. The number of hydrogen-bond acceptors (Lipinski definition) is 4. The lowest BCUT2D eigenvalue weighted by molar-refractivity contribution is -0.138. The summed E-state index contributed by atoms with van der Waals surface area (Å²) in [5.74, 6) is 3.05. The van der Waals surface area contributed by atoms with Crippen molar-refractivity contribution in [2.45, 2.75) is 37.0 Å². The van der Waals surface area contributed by atoms with Crippen molar-refractivity contribution in [1.82, 2.24) is 9.80 Å². The number of benzene rings is 2. The molecule has 0 spiro atoms. The first-order valence-corrected chi connectivity index (χ1v) is 12.9. The molecule has 1 saturated heterocycles. The van der Waals surface area contributed by atoms with Crippen molar-refractivity contribution in [3.05, 3.63) is 64.5 Å². The van der Waals surface area contributed by atoms with Crippen molar-refractivity contribution in [2.75, 3.05) is 45.1 Å². The highest BCUT2D eigenvalue weighted by molar-refractivity contribution is 5.94. The molecule has 1 N–H and O–H groups in total. The summed E-state index contributed by atoms with van der Waals surface area (Å²) in [4.78, 5) is 17.6. The van der Waals surface area contributed by atoms with E-state index in [4.69, 9.17) is 5.26 Å². The standard InChI is InChI=1S/C29H27F7N4O/c1-39-11-13-40(14-12-39)10-2-3-19(26(41)38-22-6-4-20(18-37)23(16-22)29(34,35)36)17-27(8-9-27)24-15-21(28(31,32)33)5-7-25(24)30/h4-7,15-16,19H,8-14,17H2,1H3,(H,38,41). The molecule has 12 heteroatoms. The van der Waals surface area contributed by atoms with E-state index < -0.39 is 52.1 Å². The summed E-state index contributed by atoms with van der Waals surface area (Å²) in [6.07, 6.45) is -9.00. The molecule has 2 aromatic carbocycles. The van der Waals surface area contributed by atoms with E-state index in [1.165, 1.54) is 6.07 Å². The maximum absolute atomic E-state index is 14.8. The lowest BCUT2D eigenvalue weighted by atomic mass is 9.84. The van der Waals surface area contributed by atoms with Crippen molar-refractivity contribution in [2.24, 2.45) is 5.92 Å². The zero-order chi connectivity index (χ0) is 30.0. The molecule has 0 radical (unpaired) electrons. The van der Waals surface area contributed by atoms with Gasteiger partial charge < -0.3 is 10.2 Å². The van der Waals surface area contributed by atoms with Gasteiger partial charge in [0.2, 0.25) is 5.91 Å².